The summed E-state index contributed by atoms with van der Waals surface area (Å²) in [6.07, 6.45) is 0.607. The third kappa shape index (κ3) is 8.64. The number of anilines is 2. The van der Waals surface area contributed by atoms with Gasteiger partial charge in [0.2, 0.25) is 11.9 Å². The zero-order valence-electron chi connectivity index (χ0n) is 19.0. The van der Waals surface area contributed by atoms with Crippen LogP contribution in [0.1, 0.15) is 17.0 Å². The summed E-state index contributed by atoms with van der Waals surface area (Å²) < 4.78 is 16.3. The van der Waals surface area contributed by atoms with E-state index < -0.39 is 0 Å². The number of aromatic nitrogens is 3. The second-order valence-electron chi connectivity index (χ2n) is 7.17. The highest BCUT2D eigenvalue weighted by Gasteiger charge is 2.09. The quantitative estimate of drug-likeness (QED) is 0.299. The molecule has 0 aliphatic heterocycles. The number of rotatable bonds is 15. The Kier molecular flexibility index (Phi) is 10.3. The van der Waals surface area contributed by atoms with Crippen LogP contribution >= 0.6 is 0 Å². The van der Waals surface area contributed by atoms with E-state index in [1.807, 2.05) is 42.5 Å². The second kappa shape index (κ2) is 14.0. The van der Waals surface area contributed by atoms with Gasteiger partial charge in [-0.3, -0.25) is 0 Å². The van der Waals surface area contributed by atoms with Gasteiger partial charge in [-0.1, -0.05) is 48.5 Å². The molecule has 0 fully saturated rings. The maximum Gasteiger partial charge on any atom is 0.228 e. The molecule has 1 aromatic heterocycles. The average Bonchev–Trinajstić information content (AvgIpc) is 2.85. The molecule has 0 radical (unpaired) electrons. The fourth-order valence-electron chi connectivity index (χ4n) is 3.10. The summed E-state index contributed by atoms with van der Waals surface area (Å²) in [6, 6.07) is 18.0. The van der Waals surface area contributed by atoms with E-state index in [-0.39, 0.29) is 0 Å². The van der Waals surface area contributed by atoms with Crippen molar-refractivity contribution in [2.45, 2.75) is 13.0 Å². The largest absolute Gasteiger partial charge is 0.496 e. The Hall–Kier alpha value is -3.27. The molecule has 4 N–H and O–H groups in total. The fourth-order valence-corrected chi connectivity index (χ4v) is 3.10. The Bertz CT molecular complexity index is 958. The number of benzene rings is 2. The van der Waals surface area contributed by atoms with Gasteiger partial charge >= 0.3 is 0 Å². The van der Waals surface area contributed by atoms with Crippen LogP contribution in [0.4, 0.5) is 11.9 Å². The summed E-state index contributed by atoms with van der Waals surface area (Å²) in [7, 11) is 1.66. The molecule has 0 aliphatic carbocycles. The first-order valence-electron chi connectivity index (χ1n) is 11.0. The molecular formula is C24H32N6O3. The molecule has 0 aliphatic rings. The average molecular weight is 453 g/mol. The number of hydrogen-bond acceptors (Lipinski definition) is 9. The predicted molar refractivity (Wildman–Crippen MR) is 129 cm³/mol. The number of methoxy groups -OCH3 is 1. The summed E-state index contributed by atoms with van der Waals surface area (Å²) in [5.74, 6) is 2.49. The normalized spacial score (nSPS) is 10.7. The summed E-state index contributed by atoms with van der Waals surface area (Å²) in [4.78, 5) is 13.7. The van der Waals surface area contributed by atoms with Crippen molar-refractivity contribution in [2.75, 3.05) is 57.3 Å². The van der Waals surface area contributed by atoms with Crippen molar-refractivity contribution in [3.05, 3.63) is 71.5 Å². The van der Waals surface area contributed by atoms with Crippen LogP contribution in [-0.4, -0.2) is 61.6 Å². The van der Waals surface area contributed by atoms with Crippen LogP contribution in [0.5, 0.6) is 5.75 Å². The van der Waals surface area contributed by atoms with E-state index in [1.54, 1.807) is 7.11 Å². The first-order valence-corrected chi connectivity index (χ1v) is 11.0. The SMILES string of the molecule is COc1ccccc1CNc1nc(Cc2ccccc2)nc(NCCOCCOCCN)n1. The molecule has 0 saturated heterocycles. The molecule has 1 heterocycles. The van der Waals surface area contributed by atoms with Gasteiger partial charge in [0.15, 0.2) is 0 Å². The molecule has 2 aromatic carbocycles. The third-order valence-electron chi connectivity index (χ3n) is 4.68. The van der Waals surface area contributed by atoms with E-state index >= 15 is 0 Å². The van der Waals surface area contributed by atoms with Crippen molar-refractivity contribution in [3.8, 4) is 5.75 Å². The summed E-state index contributed by atoms with van der Waals surface area (Å²) >= 11 is 0. The molecule has 3 aromatic rings. The number of nitrogens with one attached hydrogen (secondary N) is 2. The number of hydrogen-bond donors (Lipinski definition) is 3. The molecule has 176 valence electrons. The summed E-state index contributed by atoms with van der Waals surface area (Å²) in [5, 5.41) is 6.51. The van der Waals surface area contributed by atoms with Crippen molar-refractivity contribution in [3.63, 3.8) is 0 Å². The van der Waals surface area contributed by atoms with Crippen LogP contribution < -0.4 is 21.1 Å². The van der Waals surface area contributed by atoms with Crippen LogP contribution in [0.25, 0.3) is 0 Å². The number of ether oxygens (including phenoxy) is 3. The first kappa shape index (κ1) is 24.4. The van der Waals surface area contributed by atoms with Crippen LogP contribution in [0.3, 0.4) is 0 Å². The molecule has 3 rings (SSSR count). The maximum absolute atomic E-state index is 5.56. The predicted octanol–water partition coefficient (Wildman–Crippen LogP) is 2.49. The lowest BCUT2D eigenvalue weighted by Gasteiger charge is -2.12. The van der Waals surface area contributed by atoms with Crippen molar-refractivity contribution >= 4 is 11.9 Å². The first-order chi connectivity index (χ1) is 16.3. The van der Waals surface area contributed by atoms with Gasteiger partial charge in [0, 0.05) is 31.6 Å². The van der Waals surface area contributed by atoms with Gasteiger partial charge in [0.1, 0.15) is 11.6 Å². The van der Waals surface area contributed by atoms with Gasteiger partial charge in [-0.05, 0) is 11.6 Å². The number of nitrogens with two attached hydrogens (primary N) is 1. The van der Waals surface area contributed by atoms with E-state index in [2.05, 4.69) is 37.7 Å². The monoisotopic (exact) mass is 452 g/mol. The number of nitrogens with zero attached hydrogens (tertiary/aromatic N) is 3. The fraction of sp³-hybridized carbons (Fsp3) is 0.375. The lowest BCUT2D eigenvalue weighted by Crippen LogP contribution is -2.17. The minimum atomic E-state index is 0.500. The minimum Gasteiger partial charge on any atom is -0.496 e. The standard InChI is InChI=1S/C24H32N6O3/c1-31-21-10-6-5-9-20(21)18-27-24-29-22(17-19-7-3-2-4-8-19)28-23(30-24)26-12-14-33-16-15-32-13-11-25/h2-10H,11-18,25H2,1H3,(H2,26,27,28,29,30). The smallest absolute Gasteiger partial charge is 0.228 e. The molecule has 33 heavy (non-hydrogen) atoms. The summed E-state index contributed by atoms with van der Waals surface area (Å²) in [6.45, 7) is 3.71. The molecule has 0 spiro atoms. The lowest BCUT2D eigenvalue weighted by atomic mass is 10.1. The van der Waals surface area contributed by atoms with E-state index in [1.165, 1.54) is 0 Å². The number of para-hydroxylation sites is 1. The van der Waals surface area contributed by atoms with Crippen LogP contribution in [0.15, 0.2) is 54.6 Å². The van der Waals surface area contributed by atoms with E-state index in [0.29, 0.717) is 70.2 Å². The Morgan fingerprint density at radius 1 is 0.788 bits per heavy atom. The van der Waals surface area contributed by atoms with Gasteiger partial charge < -0.3 is 30.6 Å². The molecule has 9 heteroatoms. The Morgan fingerprint density at radius 2 is 1.48 bits per heavy atom. The van der Waals surface area contributed by atoms with Gasteiger partial charge in [0.05, 0.1) is 33.5 Å². The molecule has 0 saturated carbocycles. The highest BCUT2D eigenvalue weighted by molar-refractivity contribution is 5.39. The topological polar surface area (TPSA) is 116 Å². The minimum absolute atomic E-state index is 0.500. The van der Waals surface area contributed by atoms with Crippen molar-refractivity contribution < 1.29 is 14.2 Å². The highest BCUT2D eigenvalue weighted by atomic mass is 16.5. The van der Waals surface area contributed by atoms with Crippen molar-refractivity contribution in [1.29, 1.82) is 0 Å². The zero-order valence-corrected chi connectivity index (χ0v) is 19.0. The van der Waals surface area contributed by atoms with Gasteiger partial charge in [0.25, 0.3) is 0 Å². The van der Waals surface area contributed by atoms with Gasteiger partial charge in [-0.15, -0.1) is 0 Å². The molecule has 0 amide bonds. The van der Waals surface area contributed by atoms with Crippen molar-refractivity contribution in [1.82, 2.24) is 15.0 Å². The van der Waals surface area contributed by atoms with Crippen LogP contribution in [-0.2, 0) is 22.4 Å². The Morgan fingerprint density at radius 3 is 2.24 bits per heavy atom. The van der Waals surface area contributed by atoms with Crippen molar-refractivity contribution in [2.24, 2.45) is 5.73 Å². The van der Waals surface area contributed by atoms with Gasteiger partial charge in [-0.25, -0.2) is 0 Å². The van der Waals surface area contributed by atoms with Crippen LogP contribution in [0, 0.1) is 0 Å². The third-order valence-corrected chi connectivity index (χ3v) is 4.68. The Balaban J connectivity index is 1.62. The Labute approximate surface area is 194 Å². The van der Waals surface area contributed by atoms with E-state index in [0.717, 1.165) is 16.9 Å². The van der Waals surface area contributed by atoms with Gasteiger partial charge in [-0.2, -0.15) is 15.0 Å². The zero-order chi connectivity index (χ0) is 23.1. The maximum atomic E-state index is 5.56. The molecule has 0 unspecified atom stereocenters. The molecular weight excluding hydrogens is 420 g/mol. The van der Waals surface area contributed by atoms with E-state index in [4.69, 9.17) is 19.9 Å². The highest BCUT2D eigenvalue weighted by Crippen LogP contribution is 2.18. The molecule has 0 bridgehead atoms. The summed E-state index contributed by atoms with van der Waals surface area (Å²) in [5.41, 5.74) is 7.54. The lowest BCUT2D eigenvalue weighted by molar-refractivity contribution is 0.0547. The molecule has 9 nitrogen and oxygen atoms in total. The second-order valence-corrected chi connectivity index (χ2v) is 7.17. The van der Waals surface area contributed by atoms with E-state index in [9.17, 15) is 0 Å². The molecule has 0 atom stereocenters. The van der Waals surface area contributed by atoms with Crippen LogP contribution in [0.2, 0.25) is 0 Å².